The van der Waals surface area contributed by atoms with Crippen LogP contribution in [0.2, 0.25) is 0 Å². The van der Waals surface area contributed by atoms with E-state index in [0.29, 0.717) is 12.5 Å². The van der Waals surface area contributed by atoms with Gasteiger partial charge in [0.2, 0.25) is 0 Å². The number of rotatable bonds is 7. The summed E-state index contributed by atoms with van der Waals surface area (Å²) in [5, 5.41) is 3.23. The number of alkyl halides is 2. The van der Waals surface area contributed by atoms with Gasteiger partial charge >= 0.3 is 6.61 Å². The molecule has 1 aliphatic heterocycles. The van der Waals surface area contributed by atoms with Crippen LogP contribution in [-0.2, 0) is 11.3 Å². The Morgan fingerprint density at radius 2 is 2.24 bits per heavy atom. The zero-order chi connectivity index (χ0) is 18.2. The van der Waals surface area contributed by atoms with Gasteiger partial charge in [-0.1, -0.05) is 6.07 Å². The van der Waals surface area contributed by atoms with E-state index in [9.17, 15) is 8.78 Å². The summed E-state index contributed by atoms with van der Waals surface area (Å²) in [4.78, 5) is 6.31. The number of benzene rings is 1. The molecule has 1 aromatic rings. The molecule has 0 saturated carbocycles. The first-order chi connectivity index (χ1) is 12.0. The minimum atomic E-state index is -2.90. The van der Waals surface area contributed by atoms with Crippen LogP contribution in [0.25, 0.3) is 0 Å². The van der Waals surface area contributed by atoms with E-state index in [0.717, 1.165) is 37.7 Å². The minimum Gasteiger partial charge on any atom is -0.493 e. The van der Waals surface area contributed by atoms with Crippen molar-refractivity contribution in [3.05, 3.63) is 23.8 Å². The molecule has 1 fully saturated rings. The number of halogens is 2. The Balaban J connectivity index is 1.95. The highest BCUT2D eigenvalue weighted by atomic mass is 19.3. The van der Waals surface area contributed by atoms with Crippen molar-refractivity contribution in [1.82, 2.24) is 10.2 Å². The fourth-order valence-electron chi connectivity index (χ4n) is 2.79. The van der Waals surface area contributed by atoms with Crippen LogP contribution >= 0.6 is 0 Å². The Labute approximate surface area is 146 Å². The molecule has 1 aliphatic rings. The number of nitrogens with zero attached hydrogens (tertiary/aromatic N) is 2. The van der Waals surface area contributed by atoms with Crippen LogP contribution in [0.3, 0.4) is 0 Å². The lowest BCUT2D eigenvalue weighted by molar-refractivity contribution is -0.0512. The first-order valence-corrected chi connectivity index (χ1v) is 8.14. The van der Waals surface area contributed by atoms with Gasteiger partial charge in [0.05, 0.1) is 13.7 Å². The molecule has 8 heteroatoms. The Bertz CT molecular complexity index is 578. The molecule has 25 heavy (non-hydrogen) atoms. The predicted molar refractivity (Wildman–Crippen MR) is 91.4 cm³/mol. The second-order valence-corrected chi connectivity index (χ2v) is 5.87. The molecule has 140 valence electrons. The van der Waals surface area contributed by atoms with Crippen LogP contribution in [0, 0.1) is 5.92 Å². The molecule has 1 aromatic carbocycles. The number of nitrogens with one attached hydrogen (secondary N) is 1. The van der Waals surface area contributed by atoms with E-state index < -0.39 is 6.61 Å². The SMILES string of the molecule is CN=C(NCc1ccc(OC)c(OC(F)F)c1)N(C)CC1CCOC1. The van der Waals surface area contributed by atoms with Crippen LogP contribution < -0.4 is 14.8 Å². The van der Waals surface area contributed by atoms with Gasteiger partial charge in [-0.3, -0.25) is 4.99 Å². The maximum absolute atomic E-state index is 12.5. The maximum Gasteiger partial charge on any atom is 0.387 e. The van der Waals surface area contributed by atoms with Gasteiger partial charge in [-0.05, 0) is 24.1 Å². The normalized spacial score (nSPS) is 17.7. The maximum atomic E-state index is 12.5. The molecule has 0 bridgehead atoms. The number of aliphatic imine (C=N–C) groups is 1. The summed E-state index contributed by atoms with van der Waals surface area (Å²) >= 11 is 0. The predicted octanol–water partition coefficient (Wildman–Crippen LogP) is 2.34. The third-order valence-electron chi connectivity index (χ3n) is 4.02. The fourth-order valence-corrected chi connectivity index (χ4v) is 2.79. The van der Waals surface area contributed by atoms with Crippen LogP contribution in [0.15, 0.2) is 23.2 Å². The Hall–Kier alpha value is -2.09. The van der Waals surface area contributed by atoms with E-state index in [1.807, 2.05) is 11.9 Å². The quantitative estimate of drug-likeness (QED) is 0.600. The van der Waals surface area contributed by atoms with Crippen molar-refractivity contribution in [3.8, 4) is 11.5 Å². The highest BCUT2D eigenvalue weighted by Crippen LogP contribution is 2.29. The molecule has 6 nitrogen and oxygen atoms in total. The van der Waals surface area contributed by atoms with Gasteiger partial charge in [0.25, 0.3) is 0 Å². The second kappa shape index (κ2) is 9.41. The zero-order valence-corrected chi connectivity index (χ0v) is 14.8. The van der Waals surface area contributed by atoms with Crippen LogP contribution in [0.4, 0.5) is 8.78 Å². The number of hydrogen-bond acceptors (Lipinski definition) is 4. The lowest BCUT2D eigenvalue weighted by Gasteiger charge is -2.24. The van der Waals surface area contributed by atoms with E-state index in [4.69, 9.17) is 9.47 Å². The highest BCUT2D eigenvalue weighted by Gasteiger charge is 2.19. The lowest BCUT2D eigenvalue weighted by Crippen LogP contribution is -2.41. The third kappa shape index (κ3) is 5.74. The topological polar surface area (TPSA) is 55.3 Å². The van der Waals surface area contributed by atoms with Crippen LogP contribution in [0.1, 0.15) is 12.0 Å². The molecule has 0 radical (unpaired) electrons. The van der Waals surface area contributed by atoms with E-state index >= 15 is 0 Å². The van der Waals surface area contributed by atoms with Crippen LogP contribution in [0.5, 0.6) is 11.5 Å². The summed E-state index contributed by atoms with van der Waals surface area (Å²) in [7, 11) is 5.09. The van der Waals surface area contributed by atoms with Gasteiger partial charge in [-0.15, -0.1) is 0 Å². The molecular formula is C17H25F2N3O3. The molecule has 1 N–H and O–H groups in total. The zero-order valence-electron chi connectivity index (χ0n) is 14.8. The van der Waals surface area contributed by atoms with Crippen molar-refractivity contribution >= 4 is 5.96 Å². The standard InChI is InChI=1S/C17H25F2N3O3/c1-20-17(22(2)10-13-6-7-24-11-13)21-9-12-4-5-14(23-3)15(8-12)25-16(18)19/h4-5,8,13,16H,6-7,9-11H2,1-3H3,(H,20,21). The molecule has 0 amide bonds. The molecule has 0 aromatic heterocycles. The van der Waals surface area contributed by atoms with Crippen molar-refractivity contribution in [2.75, 3.05) is 41.0 Å². The number of methoxy groups -OCH3 is 1. The summed E-state index contributed by atoms with van der Waals surface area (Å²) in [6.07, 6.45) is 1.05. The average Bonchev–Trinajstić information content (AvgIpc) is 3.08. The van der Waals surface area contributed by atoms with Crippen molar-refractivity contribution in [1.29, 1.82) is 0 Å². The van der Waals surface area contributed by atoms with Gasteiger partial charge in [0.1, 0.15) is 0 Å². The van der Waals surface area contributed by atoms with E-state index in [-0.39, 0.29) is 11.5 Å². The molecule has 0 spiro atoms. The van der Waals surface area contributed by atoms with Gasteiger partial charge in [-0.25, -0.2) is 0 Å². The second-order valence-electron chi connectivity index (χ2n) is 5.87. The van der Waals surface area contributed by atoms with Crippen molar-refractivity contribution in [3.63, 3.8) is 0 Å². The van der Waals surface area contributed by atoms with E-state index in [1.54, 1.807) is 19.2 Å². The summed E-state index contributed by atoms with van der Waals surface area (Å²) < 4.78 is 40.0. The van der Waals surface area contributed by atoms with Gasteiger partial charge in [0.15, 0.2) is 17.5 Å². The van der Waals surface area contributed by atoms with Crippen molar-refractivity contribution in [2.45, 2.75) is 19.6 Å². The number of guanidine groups is 1. The highest BCUT2D eigenvalue weighted by molar-refractivity contribution is 5.79. The van der Waals surface area contributed by atoms with E-state index in [1.165, 1.54) is 13.2 Å². The molecule has 0 aliphatic carbocycles. The molecule has 1 saturated heterocycles. The third-order valence-corrected chi connectivity index (χ3v) is 4.02. The Morgan fingerprint density at radius 3 is 2.84 bits per heavy atom. The first kappa shape index (κ1) is 19.2. The minimum absolute atomic E-state index is 0.0169. The van der Waals surface area contributed by atoms with Crippen molar-refractivity contribution in [2.24, 2.45) is 10.9 Å². The average molecular weight is 357 g/mol. The first-order valence-electron chi connectivity index (χ1n) is 8.14. The van der Waals surface area contributed by atoms with Gasteiger partial charge in [-0.2, -0.15) is 8.78 Å². The largest absolute Gasteiger partial charge is 0.493 e. The molecule has 1 heterocycles. The smallest absolute Gasteiger partial charge is 0.387 e. The van der Waals surface area contributed by atoms with Gasteiger partial charge < -0.3 is 24.4 Å². The summed E-state index contributed by atoms with van der Waals surface area (Å²) in [6.45, 7) is -0.0361. The monoisotopic (exact) mass is 357 g/mol. The number of ether oxygens (including phenoxy) is 3. The molecular weight excluding hydrogens is 332 g/mol. The van der Waals surface area contributed by atoms with E-state index in [2.05, 4.69) is 15.0 Å². The summed E-state index contributed by atoms with van der Waals surface area (Å²) in [5.41, 5.74) is 0.787. The Morgan fingerprint density at radius 1 is 1.44 bits per heavy atom. The summed E-state index contributed by atoms with van der Waals surface area (Å²) in [6, 6.07) is 4.94. The van der Waals surface area contributed by atoms with Crippen molar-refractivity contribution < 1.29 is 23.0 Å². The van der Waals surface area contributed by atoms with Crippen LogP contribution in [-0.4, -0.2) is 58.4 Å². The Kier molecular flexibility index (Phi) is 7.24. The lowest BCUT2D eigenvalue weighted by atomic mass is 10.1. The molecule has 1 unspecified atom stereocenters. The fraction of sp³-hybridized carbons (Fsp3) is 0.588. The van der Waals surface area contributed by atoms with Gasteiger partial charge in [0, 0.05) is 39.7 Å². The molecule has 2 rings (SSSR count). The summed E-state index contributed by atoms with van der Waals surface area (Å²) in [5.74, 6) is 1.52. The number of hydrogen-bond donors (Lipinski definition) is 1. The molecule has 1 atom stereocenters.